The second-order valence-electron chi connectivity index (χ2n) is 7.25. The van der Waals surface area contributed by atoms with E-state index in [4.69, 9.17) is 4.74 Å². The van der Waals surface area contributed by atoms with Crippen LogP contribution in [0, 0.1) is 5.82 Å². The highest BCUT2D eigenvalue weighted by Crippen LogP contribution is 2.25. The van der Waals surface area contributed by atoms with E-state index < -0.39 is 0 Å². The van der Waals surface area contributed by atoms with Crippen LogP contribution < -0.4 is 0 Å². The van der Waals surface area contributed by atoms with Crippen molar-refractivity contribution in [3.05, 3.63) is 71.7 Å². The minimum absolute atomic E-state index is 0.206. The van der Waals surface area contributed by atoms with E-state index in [1.807, 2.05) is 24.4 Å². The summed E-state index contributed by atoms with van der Waals surface area (Å²) in [6.45, 7) is 2.90. The highest BCUT2D eigenvalue weighted by molar-refractivity contribution is 5.63. The Hall–Kier alpha value is -2.70. The Balaban J connectivity index is 1.55. The van der Waals surface area contributed by atoms with Gasteiger partial charge in [0.25, 0.3) is 0 Å². The van der Waals surface area contributed by atoms with Gasteiger partial charge in [-0.3, -0.25) is 10.00 Å². The topological polar surface area (TPSA) is 61.4 Å². The van der Waals surface area contributed by atoms with Gasteiger partial charge in [0.15, 0.2) is 0 Å². The number of hydrogen-bond acceptors (Lipinski definition) is 4. The number of H-pyrrole nitrogens is 1. The zero-order chi connectivity index (χ0) is 19.3. The number of hydrogen-bond donors (Lipinski definition) is 2. The Morgan fingerprint density at radius 2 is 2.04 bits per heavy atom. The second kappa shape index (κ2) is 8.54. The number of phenols is 1. The van der Waals surface area contributed by atoms with Crippen LogP contribution in [0.4, 0.5) is 4.39 Å². The van der Waals surface area contributed by atoms with Gasteiger partial charge in [-0.05, 0) is 54.8 Å². The molecule has 0 radical (unpaired) electrons. The number of aromatic amines is 1. The van der Waals surface area contributed by atoms with E-state index in [0.717, 1.165) is 48.4 Å². The lowest BCUT2D eigenvalue weighted by Gasteiger charge is -2.25. The van der Waals surface area contributed by atoms with Gasteiger partial charge in [0.2, 0.25) is 0 Å². The fraction of sp³-hybridized carbons (Fsp3) is 0.318. The van der Waals surface area contributed by atoms with Crippen LogP contribution in [0.5, 0.6) is 5.75 Å². The number of phenolic OH excluding ortho intramolecular Hbond substituents is 1. The van der Waals surface area contributed by atoms with Crippen LogP contribution in [0.3, 0.4) is 0 Å². The summed E-state index contributed by atoms with van der Waals surface area (Å²) >= 11 is 0. The van der Waals surface area contributed by atoms with Crippen molar-refractivity contribution in [2.24, 2.45) is 0 Å². The molecular weight excluding hydrogens is 357 g/mol. The number of rotatable bonds is 7. The summed E-state index contributed by atoms with van der Waals surface area (Å²) in [5.74, 6) is 0.0126. The standard InChI is InChI=1S/C22H24FN3O2/c23-19-4-1-3-16(11-19)13-26(15-21-5-2-10-28-21)14-18-12-24-25-22(18)17-6-8-20(27)9-7-17/h1,3-4,6-9,11-12,21,27H,2,5,10,13-15H2,(H,24,25)/t21-/m0/s1. The van der Waals surface area contributed by atoms with E-state index in [1.54, 1.807) is 24.3 Å². The molecule has 6 heteroatoms. The largest absolute Gasteiger partial charge is 0.508 e. The van der Waals surface area contributed by atoms with Gasteiger partial charge >= 0.3 is 0 Å². The quantitative estimate of drug-likeness (QED) is 0.647. The molecule has 2 heterocycles. The van der Waals surface area contributed by atoms with Gasteiger partial charge in [0, 0.05) is 37.4 Å². The molecule has 2 N–H and O–H groups in total. The molecular formula is C22H24FN3O2. The number of nitrogens with one attached hydrogen (secondary N) is 1. The van der Waals surface area contributed by atoms with Crippen LogP contribution in [-0.4, -0.2) is 39.5 Å². The summed E-state index contributed by atoms with van der Waals surface area (Å²) in [4.78, 5) is 2.28. The van der Waals surface area contributed by atoms with E-state index in [2.05, 4.69) is 15.1 Å². The van der Waals surface area contributed by atoms with E-state index >= 15 is 0 Å². The molecule has 2 aromatic carbocycles. The fourth-order valence-electron chi connectivity index (χ4n) is 3.70. The molecule has 5 nitrogen and oxygen atoms in total. The van der Waals surface area contributed by atoms with Crippen LogP contribution in [-0.2, 0) is 17.8 Å². The lowest BCUT2D eigenvalue weighted by Crippen LogP contribution is -2.31. The second-order valence-corrected chi connectivity index (χ2v) is 7.25. The van der Waals surface area contributed by atoms with E-state index in [-0.39, 0.29) is 17.7 Å². The maximum absolute atomic E-state index is 13.6. The number of ether oxygens (including phenoxy) is 1. The van der Waals surface area contributed by atoms with E-state index in [1.165, 1.54) is 6.07 Å². The molecule has 146 valence electrons. The lowest BCUT2D eigenvalue weighted by molar-refractivity contribution is 0.0679. The molecule has 0 bridgehead atoms. The molecule has 0 aliphatic carbocycles. The molecule has 0 saturated carbocycles. The number of benzene rings is 2. The first-order valence-corrected chi connectivity index (χ1v) is 9.57. The minimum Gasteiger partial charge on any atom is -0.508 e. The number of nitrogens with zero attached hydrogens (tertiary/aromatic N) is 2. The zero-order valence-corrected chi connectivity index (χ0v) is 15.6. The SMILES string of the molecule is Oc1ccc(-c2[nH]ncc2CN(Cc2cccc(F)c2)C[C@@H]2CCCO2)cc1. The number of halogens is 1. The Labute approximate surface area is 163 Å². The third kappa shape index (κ3) is 4.58. The third-order valence-electron chi connectivity index (χ3n) is 5.05. The Kier molecular flexibility index (Phi) is 5.69. The van der Waals surface area contributed by atoms with Gasteiger partial charge in [0.05, 0.1) is 18.0 Å². The van der Waals surface area contributed by atoms with Crippen LogP contribution in [0.15, 0.2) is 54.7 Å². The minimum atomic E-state index is -0.220. The highest BCUT2D eigenvalue weighted by Gasteiger charge is 2.21. The molecule has 3 aromatic rings. The van der Waals surface area contributed by atoms with E-state index in [9.17, 15) is 9.50 Å². The van der Waals surface area contributed by atoms with Crippen LogP contribution >= 0.6 is 0 Å². The van der Waals surface area contributed by atoms with Gasteiger partial charge in [0.1, 0.15) is 11.6 Å². The summed E-state index contributed by atoms with van der Waals surface area (Å²) < 4.78 is 19.5. The van der Waals surface area contributed by atoms with Gasteiger partial charge in [-0.1, -0.05) is 12.1 Å². The van der Waals surface area contributed by atoms with Gasteiger partial charge in [-0.25, -0.2) is 4.39 Å². The Bertz CT molecular complexity index is 904. The van der Waals surface area contributed by atoms with Gasteiger partial charge in [-0.2, -0.15) is 5.10 Å². The predicted molar refractivity (Wildman–Crippen MR) is 105 cm³/mol. The van der Waals surface area contributed by atoms with Gasteiger partial charge < -0.3 is 9.84 Å². The summed E-state index contributed by atoms with van der Waals surface area (Å²) in [6, 6.07) is 13.8. The molecule has 1 aliphatic rings. The van der Waals surface area contributed by atoms with Crippen molar-refractivity contribution in [1.82, 2.24) is 15.1 Å². The van der Waals surface area contributed by atoms with Crippen molar-refractivity contribution < 1.29 is 14.2 Å². The van der Waals surface area contributed by atoms with E-state index in [0.29, 0.717) is 13.1 Å². The Morgan fingerprint density at radius 3 is 2.79 bits per heavy atom. The smallest absolute Gasteiger partial charge is 0.123 e. The summed E-state index contributed by atoms with van der Waals surface area (Å²) in [5, 5.41) is 16.8. The molecule has 0 amide bonds. The monoisotopic (exact) mass is 381 g/mol. The van der Waals surface area contributed by atoms with Gasteiger partial charge in [-0.15, -0.1) is 0 Å². The molecule has 1 aromatic heterocycles. The van der Waals surface area contributed by atoms with Crippen molar-refractivity contribution >= 4 is 0 Å². The Morgan fingerprint density at radius 1 is 1.18 bits per heavy atom. The molecule has 1 aliphatic heterocycles. The molecule has 1 fully saturated rings. The zero-order valence-electron chi connectivity index (χ0n) is 15.6. The maximum Gasteiger partial charge on any atom is 0.123 e. The normalized spacial score (nSPS) is 16.7. The van der Waals surface area contributed by atoms with Crippen molar-refractivity contribution in [2.45, 2.75) is 32.0 Å². The average molecular weight is 381 g/mol. The van der Waals surface area contributed by atoms with Crippen molar-refractivity contribution in [1.29, 1.82) is 0 Å². The number of aromatic hydroxyl groups is 1. The molecule has 1 saturated heterocycles. The molecule has 0 unspecified atom stereocenters. The third-order valence-corrected chi connectivity index (χ3v) is 5.05. The van der Waals surface area contributed by atoms with Crippen LogP contribution in [0.1, 0.15) is 24.0 Å². The first kappa shape index (κ1) is 18.7. The van der Waals surface area contributed by atoms with Crippen molar-refractivity contribution in [3.63, 3.8) is 0 Å². The van der Waals surface area contributed by atoms with Crippen molar-refractivity contribution in [2.75, 3.05) is 13.2 Å². The molecule has 1 atom stereocenters. The summed E-state index contributed by atoms with van der Waals surface area (Å²) in [7, 11) is 0. The highest BCUT2D eigenvalue weighted by atomic mass is 19.1. The average Bonchev–Trinajstić information content (AvgIpc) is 3.35. The maximum atomic E-state index is 13.6. The summed E-state index contributed by atoms with van der Waals surface area (Å²) in [5.41, 5.74) is 3.89. The van der Waals surface area contributed by atoms with Crippen LogP contribution in [0.25, 0.3) is 11.3 Å². The molecule has 4 rings (SSSR count). The fourth-order valence-corrected chi connectivity index (χ4v) is 3.70. The van der Waals surface area contributed by atoms with Crippen LogP contribution in [0.2, 0.25) is 0 Å². The number of aromatic nitrogens is 2. The summed E-state index contributed by atoms with van der Waals surface area (Å²) in [6.07, 6.45) is 4.17. The molecule has 28 heavy (non-hydrogen) atoms. The molecule has 0 spiro atoms. The van der Waals surface area contributed by atoms with Crippen molar-refractivity contribution in [3.8, 4) is 17.0 Å². The lowest BCUT2D eigenvalue weighted by atomic mass is 10.1. The first-order valence-electron chi connectivity index (χ1n) is 9.57. The predicted octanol–water partition coefficient (Wildman–Crippen LogP) is 4.10. The first-order chi connectivity index (χ1) is 13.7.